The summed E-state index contributed by atoms with van der Waals surface area (Å²) in [5, 5.41) is 10.6. The summed E-state index contributed by atoms with van der Waals surface area (Å²) in [6, 6.07) is 9.21. The quantitative estimate of drug-likeness (QED) is 0.508. The van der Waals surface area contributed by atoms with Crippen LogP contribution in [0.1, 0.15) is 17.9 Å². The number of aromatic nitrogens is 5. The lowest BCUT2D eigenvalue weighted by Crippen LogP contribution is -2.25. The van der Waals surface area contributed by atoms with Crippen LogP contribution < -0.4 is 10.6 Å². The summed E-state index contributed by atoms with van der Waals surface area (Å²) in [6.07, 6.45) is 5.30. The van der Waals surface area contributed by atoms with Crippen molar-refractivity contribution in [2.75, 3.05) is 11.9 Å². The van der Waals surface area contributed by atoms with Crippen LogP contribution in [0.4, 0.5) is 5.82 Å². The molecule has 0 atom stereocenters. The Morgan fingerprint density at radius 1 is 1.25 bits per heavy atom. The number of hydrogen-bond acceptors (Lipinski definition) is 7. The van der Waals surface area contributed by atoms with Gasteiger partial charge < -0.3 is 15.1 Å². The van der Waals surface area contributed by atoms with Crippen LogP contribution in [-0.4, -0.2) is 37.0 Å². The Bertz CT molecular complexity index is 1070. The van der Waals surface area contributed by atoms with Crippen LogP contribution >= 0.6 is 0 Å². The van der Waals surface area contributed by atoms with Crippen molar-refractivity contribution in [2.24, 2.45) is 0 Å². The molecule has 9 nitrogen and oxygen atoms in total. The van der Waals surface area contributed by atoms with Crippen LogP contribution in [0.15, 0.2) is 53.4 Å². The third kappa shape index (κ3) is 3.98. The second-order valence-electron chi connectivity index (χ2n) is 6.20. The maximum atomic E-state index is 12.0. The normalized spacial score (nSPS) is 10.9. The second-order valence-corrected chi connectivity index (χ2v) is 6.20. The number of nitrogens with one attached hydrogen (secondary N) is 2. The number of hydrogen-bond donors (Lipinski definition) is 2. The van der Waals surface area contributed by atoms with Crippen LogP contribution in [0.25, 0.3) is 17.2 Å². The van der Waals surface area contributed by atoms with Crippen LogP contribution in [0.5, 0.6) is 0 Å². The Morgan fingerprint density at radius 2 is 2.18 bits per heavy atom. The van der Waals surface area contributed by atoms with Gasteiger partial charge in [0.05, 0.1) is 12.8 Å². The van der Waals surface area contributed by atoms with Gasteiger partial charge >= 0.3 is 0 Å². The Balaban J connectivity index is 1.43. The van der Waals surface area contributed by atoms with E-state index in [4.69, 9.17) is 4.42 Å². The van der Waals surface area contributed by atoms with E-state index in [1.807, 2.05) is 31.2 Å². The van der Waals surface area contributed by atoms with E-state index in [-0.39, 0.29) is 5.91 Å². The molecule has 0 unspecified atom stereocenters. The van der Waals surface area contributed by atoms with Crippen LogP contribution in [0.3, 0.4) is 0 Å². The number of nitrogens with zero attached hydrogens (tertiary/aromatic N) is 5. The molecule has 0 aromatic carbocycles. The first kappa shape index (κ1) is 17.7. The largest absolute Gasteiger partial charge is 0.467 e. The molecule has 0 radical (unpaired) electrons. The summed E-state index contributed by atoms with van der Waals surface area (Å²) in [5.74, 6) is 2.41. The third-order valence-corrected chi connectivity index (χ3v) is 4.06. The van der Waals surface area contributed by atoms with Gasteiger partial charge in [-0.25, -0.2) is 4.98 Å². The van der Waals surface area contributed by atoms with Crippen molar-refractivity contribution in [2.45, 2.75) is 19.9 Å². The van der Waals surface area contributed by atoms with E-state index in [9.17, 15) is 4.79 Å². The van der Waals surface area contributed by atoms with E-state index in [0.29, 0.717) is 31.1 Å². The van der Waals surface area contributed by atoms with Gasteiger partial charge in [-0.1, -0.05) is 0 Å². The fraction of sp³-hybridized carbons (Fsp3) is 0.211. The number of fused-ring (bicyclic) bond motifs is 1. The highest BCUT2D eigenvalue weighted by Gasteiger charge is 2.12. The zero-order valence-corrected chi connectivity index (χ0v) is 15.3. The van der Waals surface area contributed by atoms with Gasteiger partial charge in [0.15, 0.2) is 5.82 Å². The minimum absolute atomic E-state index is 0.0689. The van der Waals surface area contributed by atoms with Crippen molar-refractivity contribution in [3.63, 3.8) is 0 Å². The molecular weight excluding hydrogens is 358 g/mol. The molecular formula is C19H19N7O2. The molecule has 4 rings (SSSR count). The lowest BCUT2D eigenvalue weighted by molar-refractivity contribution is -0.121. The van der Waals surface area contributed by atoms with Gasteiger partial charge in [0.2, 0.25) is 5.91 Å². The van der Waals surface area contributed by atoms with Crippen molar-refractivity contribution >= 4 is 17.5 Å². The number of anilines is 1. The Kier molecular flexibility index (Phi) is 4.96. The number of pyridine rings is 1. The molecule has 0 aliphatic rings. The predicted octanol–water partition coefficient (Wildman–Crippen LogP) is 2.21. The van der Waals surface area contributed by atoms with E-state index in [1.165, 1.54) is 0 Å². The van der Waals surface area contributed by atoms with Crippen molar-refractivity contribution < 1.29 is 9.21 Å². The molecule has 1 amide bonds. The summed E-state index contributed by atoms with van der Waals surface area (Å²) in [7, 11) is 0. The Hall–Kier alpha value is -3.75. The van der Waals surface area contributed by atoms with Gasteiger partial charge in [-0.15, -0.1) is 5.10 Å². The number of rotatable bonds is 7. The average molecular weight is 377 g/mol. The highest BCUT2D eigenvalue weighted by atomic mass is 16.3. The second kappa shape index (κ2) is 7.87. The summed E-state index contributed by atoms with van der Waals surface area (Å²) in [4.78, 5) is 25.0. The maximum absolute atomic E-state index is 12.0. The molecule has 28 heavy (non-hydrogen) atoms. The summed E-state index contributed by atoms with van der Waals surface area (Å²) in [5.41, 5.74) is 1.62. The fourth-order valence-electron chi connectivity index (χ4n) is 2.72. The fourth-order valence-corrected chi connectivity index (χ4v) is 2.72. The molecule has 0 aliphatic carbocycles. The maximum Gasteiger partial charge on any atom is 0.254 e. The molecule has 0 bridgehead atoms. The Labute approximate surface area is 160 Å². The summed E-state index contributed by atoms with van der Waals surface area (Å²) < 4.78 is 6.83. The minimum Gasteiger partial charge on any atom is -0.467 e. The lowest BCUT2D eigenvalue weighted by Gasteiger charge is -2.08. The molecule has 9 heteroatoms. The molecule has 4 aromatic heterocycles. The summed E-state index contributed by atoms with van der Waals surface area (Å²) in [6.45, 7) is 2.71. The smallest absolute Gasteiger partial charge is 0.254 e. The average Bonchev–Trinajstić information content (AvgIpc) is 3.36. The monoisotopic (exact) mass is 377 g/mol. The number of furan rings is 1. The van der Waals surface area contributed by atoms with Crippen molar-refractivity contribution in [3.8, 4) is 11.4 Å². The van der Waals surface area contributed by atoms with Gasteiger partial charge in [-0.3, -0.25) is 9.78 Å². The van der Waals surface area contributed by atoms with Gasteiger partial charge in [0, 0.05) is 42.7 Å². The van der Waals surface area contributed by atoms with Crippen LogP contribution in [-0.2, 0) is 11.3 Å². The number of carbonyl (C=O) groups is 1. The highest BCUT2D eigenvalue weighted by Crippen LogP contribution is 2.17. The predicted molar refractivity (Wildman–Crippen MR) is 102 cm³/mol. The molecule has 0 fully saturated rings. The van der Waals surface area contributed by atoms with E-state index in [2.05, 4.69) is 30.7 Å². The van der Waals surface area contributed by atoms with E-state index in [0.717, 1.165) is 22.8 Å². The molecule has 0 saturated carbocycles. The van der Waals surface area contributed by atoms with E-state index in [1.54, 1.807) is 29.2 Å². The topological polar surface area (TPSA) is 110 Å². The first-order valence-electron chi connectivity index (χ1n) is 8.87. The van der Waals surface area contributed by atoms with E-state index >= 15 is 0 Å². The first-order chi connectivity index (χ1) is 13.7. The molecule has 4 heterocycles. The number of carbonyl (C=O) groups excluding carboxylic acids is 1. The molecule has 0 aliphatic heterocycles. The molecule has 4 aromatic rings. The van der Waals surface area contributed by atoms with Crippen molar-refractivity contribution in [1.29, 1.82) is 0 Å². The van der Waals surface area contributed by atoms with Crippen molar-refractivity contribution in [1.82, 2.24) is 29.9 Å². The van der Waals surface area contributed by atoms with Gasteiger partial charge in [-0.2, -0.15) is 9.50 Å². The summed E-state index contributed by atoms with van der Waals surface area (Å²) >= 11 is 0. The molecule has 0 saturated heterocycles. The third-order valence-electron chi connectivity index (χ3n) is 4.06. The SMILES string of the molecule is Cc1cc(NCCC(=O)NCc2ccco2)n2nc(-c3cccnc3)nc2n1. The number of amides is 1. The van der Waals surface area contributed by atoms with Crippen LogP contribution in [0.2, 0.25) is 0 Å². The molecule has 0 spiro atoms. The first-order valence-corrected chi connectivity index (χ1v) is 8.87. The van der Waals surface area contributed by atoms with Gasteiger partial charge in [0.1, 0.15) is 11.6 Å². The zero-order chi connectivity index (χ0) is 19.3. The number of aryl methyl sites for hydroxylation is 1. The van der Waals surface area contributed by atoms with Gasteiger partial charge in [-0.05, 0) is 31.2 Å². The highest BCUT2D eigenvalue weighted by molar-refractivity contribution is 5.76. The molecule has 2 N–H and O–H groups in total. The van der Waals surface area contributed by atoms with Crippen molar-refractivity contribution in [3.05, 3.63) is 60.4 Å². The zero-order valence-electron chi connectivity index (χ0n) is 15.3. The minimum atomic E-state index is -0.0689. The molecule has 142 valence electrons. The standard InChI is InChI=1S/C19H19N7O2/c1-13-10-16(21-8-6-17(27)22-12-15-5-3-9-28-15)26-19(23-13)24-18(25-26)14-4-2-7-20-11-14/h2-5,7,9-11,21H,6,8,12H2,1H3,(H,22,27). The lowest BCUT2D eigenvalue weighted by atomic mass is 10.3. The van der Waals surface area contributed by atoms with Gasteiger partial charge in [0.25, 0.3) is 5.78 Å². The Morgan fingerprint density at radius 3 is 2.96 bits per heavy atom. The van der Waals surface area contributed by atoms with E-state index < -0.39 is 0 Å². The van der Waals surface area contributed by atoms with Crippen LogP contribution in [0, 0.1) is 6.92 Å².